The van der Waals surface area contributed by atoms with E-state index < -0.39 is 0 Å². The van der Waals surface area contributed by atoms with Crippen LogP contribution in [0.5, 0.6) is 0 Å². The average Bonchev–Trinajstić information content (AvgIpc) is 2.98. The van der Waals surface area contributed by atoms with Gasteiger partial charge in [0.25, 0.3) is 0 Å². The zero-order chi connectivity index (χ0) is 11.9. The summed E-state index contributed by atoms with van der Waals surface area (Å²) in [5.41, 5.74) is 0.618. The lowest BCUT2D eigenvalue weighted by molar-refractivity contribution is 0.0983. The first kappa shape index (κ1) is 14.9. The molecule has 1 saturated carbocycles. The molecule has 0 radical (unpaired) electrons. The van der Waals surface area contributed by atoms with Crippen LogP contribution in [0.15, 0.2) is 0 Å². The highest BCUT2D eigenvalue weighted by atomic mass is 15.3. The maximum atomic E-state index is 2.53. The summed E-state index contributed by atoms with van der Waals surface area (Å²) in [6.07, 6.45) is 4.10. The fourth-order valence-electron chi connectivity index (χ4n) is 1.94. The average molecular weight is 214 g/mol. The van der Waals surface area contributed by atoms with Gasteiger partial charge in [0.05, 0.1) is 0 Å². The molecule has 1 heterocycles. The van der Waals surface area contributed by atoms with E-state index in [2.05, 4.69) is 37.7 Å². The molecule has 15 heavy (non-hydrogen) atoms. The van der Waals surface area contributed by atoms with E-state index in [1.54, 1.807) is 0 Å². The van der Waals surface area contributed by atoms with Crippen molar-refractivity contribution in [2.24, 2.45) is 0 Å². The molecule has 0 amide bonds. The summed E-state index contributed by atoms with van der Waals surface area (Å²) in [5.74, 6) is 0. The highest BCUT2D eigenvalue weighted by Crippen LogP contribution is 2.42. The molecule has 0 N–H and O–H groups in total. The van der Waals surface area contributed by atoms with Crippen molar-refractivity contribution in [3.63, 3.8) is 0 Å². The van der Waals surface area contributed by atoms with Gasteiger partial charge in [-0.25, -0.2) is 0 Å². The minimum absolute atomic E-state index is 0.618. The molecule has 2 heteroatoms. The van der Waals surface area contributed by atoms with E-state index >= 15 is 0 Å². The van der Waals surface area contributed by atoms with Gasteiger partial charge in [0.2, 0.25) is 0 Å². The Bertz CT molecular complexity index is 153. The van der Waals surface area contributed by atoms with Crippen molar-refractivity contribution < 1.29 is 0 Å². The monoisotopic (exact) mass is 214 g/mol. The summed E-state index contributed by atoms with van der Waals surface area (Å²) >= 11 is 0. The lowest BCUT2D eigenvalue weighted by Crippen LogP contribution is -2.51. The zero-order valence-electron chi connectivity index (χ0n) is 11.6. The number of rotatable bonds is 0. The SMILES string of the molecule is CC.CCC.CN1CCN(C)C2(CC2)C1. The normalized spacial score (nSPS) is 23.6. The topological polar surface area (TPSA) is 6.48 Å². The molecule has 1 aliphatic carbocycles. The zero-order valence-corrected chi connectivity index (χ0v) is 11.6. The number of hydrogen-bond acceptors (Lipinski definition) is 2. The Morgan fingerprint density at radius 3 is 1.80 bits per heavy atom. The van der Waals surface area contributed by atoms with Crippen LogP contribution >= 0.6 is 0 Å². The smallest absolute Gasteiger partial charge is 0.0335 e. The van der Waals surface area contributed by atoms with Crippen LogP contribution in [-0.4, -0.2) is 49.1 Å². The van der Waals surface area contributed by atoms with Gasteiger partial charge < -0.3 is 4.90 Å². The summed E-state index contributed by atoms with van der Waals surface area (Å²) in [6, 6.07) is 0. The third-order valence-corrected chi connectivity index (χ3v) is 3.02. The van der Waals surface area contributed by atoms with Crippen LogP contribution in [0.25, 0.3) is 0 Å². The van der Waals surface area contributed by atoms with Crippen LogP contribution < -0.4 is 0 Å². The molecule has 2 aliphatic rings. The fourth-order valence-corrected chi connectivity index (χ4v) is 1.94. The molecular weight excluding hydrogens is 184 g/mol. The second-order valence-electron chi connectivity index (χ2n) is 4.59. The first-order chi connectivity index (χ1) is 7.14. The maximum Gasteiger partial charge on any atom is 0.0335 e. The van der Waals surface area contributed by atoms with E-state index in [1.807, 2.05) is 13.8 Å². The van der Waals surface area contributed by atoms with Crippen LogP contribution in [0.2, 0.25) is 0 Å². The first-order valence-electron chi connectivity index (χ1n) is 6.54. The third-order valence-electron chi connectivity index (χ3n) is 3.02. The lowest BCUT2D eigenvalue weighted by Gasteiger charge is -2.38. The van der Waals surface area contributed by atoms with Crippen molar-refractivity contribution in [2.75, 3.05) is 33.7 Å². The summed E-state index contributed by atoms with van der Waals surface area (Å²) in [4.78, 5) is 4.99. The van der Waals surface area contributed by atoms with Gasteiger partial charge in [-0.3, -0.25) is 4.90 Å². The summed E-state index contributed by atoms with van der Waals surface area (Å²) < 4.78 is 0. The molecule has 2 fully saturated rings. The van der Waals surface area contributed by atoms with Crippen LogP contribution in [0, 0.1) is 0 Å². The molecular formula is C13H30N2. The van der Waals surface area contributed by atoms with Crippen LogP contribution in [0.3, 0.4) is 0 Å². The van der Waals surface area contributed by atoms with Crippen molar-refractivity contribution in [3.8, 4) is 0 Å². The molecule has 2 rings (SSSR count). The maximum absolute atomic E-state index is 2.53. The lowest BCUT2D eigenvalue weighted by atomic mass is 10.1. The molecule has 0 aromatic carbocycles. The molecule has 1 saturated heterocycles. The second-order valence-corrected chi connectivity index (χ2v) is 4.59. The molecule has 2 nitrogen and oxygen atoms in total. The van der Waals surface area contributed by atoms with E-state index in [4.69, 9.17) is 0 Å². The van der Waals surface area contributed by atoms with Crippen molar-refractivity contribution >= 4 is 0 Å². The fraction of sp³-hybridized carbons (Fsp3) is 1.00. The van der Waals surface area contributed by atoms with Gasteiger partial charge in [0, 0.05) is 25.2 Å². The highest BCUT2D eigenvalue weighted by Gasteiger charge is 2.48. The van der Waals surface area contributed by atoms with Crippen molar-refractivity contribution in [3.05, 3.63) is 0 Å². The van der Waals surface area contributed by atoms with E-state index in [-0.39, 0.29) is 0 Å². The predicted octanol–water partition coefficient (Wildman–Crippen LogP) is 2.84. The molecule has 0 atom stereocenters. The minimum Gasteiger partial charge on any atom is -0.303 e. The Hall–Kier alpha value is -0.0800. The summed E-state index contributed by atoms with van der Waals surface area (Å²) in [7, 11) is 4.49. The van der Waals surface area contributed by atoms with Crippen molar-refractivity contribution in [1.29, 1.82) is 0 Å². The van der Waals surface area contributed by atoms with Crippen molar-refractivity contribution in [1.82, 2.24) is 9.80 Å². The van der Waals surface area contributed by atoms with Gasteiger partial charge in [-0.15, -0.1) is 0 Å². The first-order valence-corrected chi connectivity index (χ1v) is 6.54. The number of piperazine rings is 1. The molecule has 0 unspecified atom stereocenters. The Morgan fingerprint density at radius 1 is 1.00 bits per heavy atom. The predicted molar refractivity (Wildman–Crippen MR) is 69.4 cm³/mol. The largest absolute Gasteiger partial charge is 0.303 e. The molecule has 0 bridgehead atoms. The van der Waals surface area contributed by atoms with E-state index in [9.17, 15) is 0 Å². The molecule has 1 aliphatic heterocycles. The van der Waals surface area contributed by atoms with Crippen LogP contribution in [0.1, 0.15) is 47.0 Å². The van der Waals surface area contributed by atoms with E-state index in [0.717, 1.165) is 0 Å². The Labute approximate surface area is 96.6 Å². The van der Waals surface area contributed by atoms with Gasteiger partial charge in [-0.2, -0.15) is 0 Å². The Morgan fingerprint density at radius 2 is 1.47 bits per heavy atom. The van der Waals surface area contributed by atoms with Crippen molar-refractivity contribution in [2.45, 2.75) is 52.5 Å². The summed E-state index contributed by atoms with van der Waals surface area (Å²) in [5, 5.41) is 0. The van der Waals surface area contributed by atoms with E-state index in [1.165, 1.54) is 38.9 Å². The molecule has 0 aromatic rings. The third kappa shape index (κ3) is 4.52. The second kappa shape index (κ2) is 7.24. The number of nitrogens with zero attached hydrogens (tertiary/aromatic N) is 2. The van der Waals surface area contributed by atoms with Crippen LogP contribution in [0.4, 0.5) is 0 Å². The van der Waals surface area contributed by atoms with Gasteiger partial charge in [-0.1, -0.05) is 34.1 Å². The van der Waals surface area contributed by atoms with E-state index in [0.29, 0.717) is 5.54 Å². The molecule has 1 spiro atoms. The molecule has 92 valence electrons. The number of hydrogen-bond donors (Lipinski definition) is 0. The quantitative estimate of drug-likeness (QED) is 0.612. The standard InChI is InChI=1S/C8H16N2.C3H8.C2H6/c1-9-5-6-10(2)8(7-9)3-4-8;1-3-2;1-2/h3-7H2,1-2H3;3H2,1-2H3;1-2H3. The van der Waals surface area contributed by atoms with Crippen LogP contribution in [-0.2, 0) is 0 Å². The Kier molecular flexibility index (Phi) is 7.20. The van der Waals surface area contributed by atoms with Gasteiger partial charge in [-0.05, 0) is 26.9 Å². The minimum atomic E-state index is 0.618. The van der Waals surface area contributed by atoms with Gasteiger partial charge in [0.15, 0.2) is 0 Å². The molecule has 0 aromatic heterocycles. The van der Waals surface area contributed by atoms with Gasteiger partial charge in [0.1, 0.15) is 0 Å². The summed E-state index contributed by atoms with van der Waals surface area (Å²) in [6.45, 7) is 12.1. The number of likely N-dealkylation sites (N-methyl/N-ethyl adjacent to an activating group) is 2. The highest BCUT2D eigenvalue weighted by molar-refractivity contribution is 5.06. The Balaban J connectivity index is 0.000000342. The van der Waals surface area contributed by atoms with Gasteiger partial charge >= 0.3 is 0 Å².